The Hall–Kier alpha value is -1.44. The van der Waals surface area contributed by atoms with E-state index in [2.05, 4.69) is 24.3 Å². The monoisotopic (exact) mass is 212 g/mol. The molecule has 0 spiro atoms. The second kappa shape index (κ2) is 2.62. The number of hydrogen-bond donors (Lipinski definition) is 0. The predicted molar refractivity (Wildman–Crippen MR) is 58.4 cm³/mol. The van der Waals surface area contributed by atoms with E-state index in [4.69, 9.17) is 0 Å². The molecule has 5 aliphatic carbocycles. The number of rotatable bonds is 0. The lowest BCUT2D eigenvalue weighted by molar-refractivity contribution is -0.137. The lowest BCUT2D eigenvalue weighted by Gasteiger charge is -2.54. The van der Waals surface area contributed by atoms with Crippen LogP contribution < -0.4 is 0 Å². The highest BCUT2D eigenvalue weighted by molar-refractivity contribution is 6.08. The highest BCUT2D eigenvalue weighted by Gasteiger charge is 2.56. The number of hydrogen-bond acceptors (Lipinski definition) is 2. The van der Waals surface area contributed by atoms with Crippen LogP contribution in [0, 0.1) is 35.5 Å². The van der Waals surface area contributed by atoms with Gasteiger partial charge in [0.15, 0.2) is 11.6 Å². The van der Waals surface area contributed by atoms with Crippen LogP contribution in [0.5, 0.6) is 0 Å². The van der Waals surface area contributed by atoms with Crippen molar-refractivity contribution in [3.8, 4) is 0 Å². The number of carbonyl (C=O) groups excluding carboxylic acids is 2. The van der Waals surface area contributed by atoms with Crippen molar-refractivity contribution in [3.05, 3.63) is 36.5 Å². The Kier molecular flexibility index (Phi) is 1.42. The molecule has 0 aromatic rings. The first-order valence-corrected chi connectivity index (χ1v) is 5.90. The van der Waals surface area contributed by atoms with Crippen molar-refractivity contribution in [3.63, 3.8) is 0 Å². The molecule has 2 bridgehead atoms. The Morgan fingerprint density at radius 1 is 0.625 bits per heavy atom. The summed E-state index contributed by atoms with van der Waals surface area (Å²) in [6, 6.07) is 0. The van der Waals surface area contributed by atoms with Gasteiger partial charge in [0.2, 0.25) is 0 Å². The van der Waals surface area contributed by atoms with Crippen LogP contribution in [0.2, 0.25) is 0 Å². The average molecular weight is 212 g/mol. The fourth-order valence-corrected chi connectivity index (χ4v) is 3.97. The quantitative estimate of drug-likeness (QED) is 0.571. The molecular weight excluding hydrogens is 200 g/mol. The van der Waals surface area contributed by atoms with Crippen molar-refractivity contribution in [2.75, 3.05) is 0 Å². The second-order valence-electron chi connectivity index (χ2n) is 5.27. The van der Waals surface area contributed by atoms with Gasteiger partial charge in [-0.3, -0.25) is 9.59 Å². The van der Waals surface area contributed by atoms with E-state index in [1.807, 2.05) is 0 Å². The molecule has 0 saturated heterocycles. The molecule has 5 rings (SSSR count). The third-order valence-electron chi connectivity index (χ3n) is 4.73. The van der Waals surface area contributed by atoms with Crippen molar-refractivity contribution >= 4 is 11.6 Å². The summed E-state index contributed by atoms with van der Waals surface area (Å²) in [7, 11) is 0. The fraction of sp³-hybridized carbons (Fsp3) is 0.429. The van der Waals surface area contributed by atoms with E-state index in [9.17, 15) is 9.59 Å². The molecular formula is C14H12O2. The summed E-state index contributed by atoms with van der Waals surface area (Å²) < 4.78 is 0. The summed E-state index contributed by atoms with van der Waals surface area (Å²) >= 11 is 0. The smallest absolute Gasteiger partial charge is 0.160 e. The number of ketones is 2. The molecule has 0 aromatic heterocycles. The van der Waals surface area contributed by atoms with Gasteiger partial charge in [-0.1, -0.05) is 24.3 Å². The molecule has 0 amide bonds. The van der Waals surface area contributed by atoms with Crippen LogP contribution in [-0.2, 0) is 9.59 Å². The van der Waals surface area contributed by atoms with Crippen LogP contribution in [0.4, 0.5) is 0 Å². The van der Waals surface area contributed by atoms with Crippen LogP contribution in [-0.4, -0.2) is 11.6 Å². The van der Waals surface area contributed by atoms with Crippen LogP contribution in [0.15, 0.2) is 36.5 Å². The lowest BCUT2D eigenvalue weighted by atomic mass is 9.47. The van der Waals surface area contributed by atoms with E-state index in [0.29, 0.717) is 11.8 Å². The molecule has 6 atom stereocenters. The van der Waals surface area contributed by atoms with E-state index in [1.54, 1.807) is 0 Å². The molecule has 0 N–H and O–H groups in total. The zero-order valence-electron chi connectivity index (χ0n) is 8.74. The third-order valence-corrected chi connectivity index (χ3v) is 4.73. The highest BCUT2D eigenvalue weighted by atomic mass is 16.1. The predicted octanol–water partition coefficient (Wildman–Crippen LogP) is 1.54. The SMILES string of the molecule is O=C1C=CC(=O)[C@H]2[C@H]3C=C[C@@H]([C@@H]4C=C[C@H]43)[C@@H]12. The van der Waals surface area contributed by atoms with Crippen molar-refractivity contribution in [2.45, 2.75) is 0 Å². The Labute approximate surface area is 93.7 Å². The molecule has 0 unspecified atom stereocenters. The van der Waals surface area contributed by atoms with Crippen molar-refractivity contribution in [1.82, 2.24) is 0 Å². The van der Waals surface area contributed by atoms with E-state index in [-0.39, 0.29) is 35.2 Å². The Bertz CT molecular complexity index is 441. The summed E-state index contributed by atoms with van der Waals surface area (Å²) in [6.45, 7) is 0. The Balaban J connectivity index is 1.88. The summed E-state index contributed by atoms with van der Waals surface area (Å²) in [5.41, 5.74) is 0. The van der Waals surface area contributed by atoms with E-state index in [1.165, 1.54) is 12.2 Å². The summed E-state index contributed by atoms with van der Waals surface area (Å²) in [5.74, 6) is 1.74. The van der Waals surface area contributed by atoms with Gasteiger partial charge < -0.3 is 0 Å². The molecule has 0 heterocycles. The Morgan fingerprint density at radius 3 is 1.38 bits per heavy atom. The van der Waals surface area contributed by atoms with Crippen molar-refractivity contribution < 1.29 is 9.59 Å². The average Bonchev–Trinajstić information content (AvgIpc) is 2.23. The molecule has 0 aromatic carbocycles. The minimum atomic E-state index is -0.0706. The van der Waals surface area contributed by atoms with Crippen LogP contribution in [0.25, 0.3) is 0 Å². The molecule has 5 aliphatic rings. The van der Waals surface area contributed by atoms with Gasteiger partial charge in [0.25, 0.3) is 0 Å². The van der Waals surface area contributed by atoms with E-state index >= 15 is 0 Å². The molecule has 0 radical (unpaired) electrons. The topological polar surface area (TPSA) is 34.1 Å². The van der Waals surface area contributed by atoms with Crippen molar-refractivity contribution in [2.24, 2.45) is 35.5 Å². The van der Waals surface area contributed by atoms with E-state index in [0.717, 1.165) is 0 Å². The van der Waals surface area contributed by atoms with Gasteiger partial charge in [0.05, 0.1) is 0 Å². The minimum Gasteiger partial charge on any atom is -0.294 e. The highest BCUT2D eigenvalue weighted by Crippen LogP contribution is 2.57. The summed E-state index contributed by atoms with van der Waals surface area (Å²) in [5, 5.41) is 0. The van der Waals surface area contributed by atoms with Crippen LogP contribution in [0.3, 0.4) is 0 Å². The number of allylic oxidation sites excluding steroid dienone is 6. The van der Waals surface area contributed by atoms with Gasteiger partial charge in [0.1, 0.15) is 0 Å². The van der Waals surface area contributed by atoms with Gasteiger partial charge in [-0.25, -0.2) is 0 Å². The van der Waals surface area contributed by atoms with Crippen LogP contribution in [0.1, 0.15) is 0 Å². The fourth-order valence-electron chi connectivity index (χ4n) is 3.97. The van der Waals surface area contributed by atoms with Gasteiger partial charge in [-0.15, -0.1) is 0 Å². The summed E-state index contributed by atoms with van der Waals surface area (Å²) in [6.07, 6.45) is 11.7. The first-order chi connectivity index (χ1) is 7.77. The largest absolute Gasteiger partial charge is 0.294 e. The van der Waals surface area contributed by atoms with Gasteiger partial charge >= 0.3 is 0 Å². The standard InChI is InChI=1S/C14H12O2/c15-11-5-6-12(16)14-10-4-3-9(13(11)14)7-1-2-8(7)10/h1-10,13-14H/t7-,8-,9+,10+,13-,14+/m1/s1. The third kappa shape index (κ3) is 0.809. The lowest BCUT2D eigenvalue weighted by Crippen LogP contribution is -2.55. The maximum absolute atomic E-state index is 11.9. The zero-order chi connectivity index (χ0) is 10.9. The molecule has 2 heteroatoms. The van der Waals surface area contributed by atoms with E-state index < -0.39 is 0 Å². The van der Waals surface area contributed by atoms with Gasteiger partial charge in [0, 0.05) is 11.8 Å². The van der Waals surface area contributed by atoms with Gasteiger partial charge in [-0.05, 0) is 35.8 Å². The molecule has 2 nitrogen and oxygen atoms in total. The Morgan fingerprint density at radius 2 is 1.00 bits per heavy atom. The first kappa shape index (κ1) is 8.68. The first-order valence-electron chi connectivity index (χ1n) is 5.90. The maximum Gasteiger partial charge on any atom is 0.160 e. The van der Waals surface area contributed by atoms with Gasteiger partial charge in [-0.2, -0.15) is 0 Å². The molecule has 80 valence electrons. The minimum absolute atomic E-state index is 0.0706. The maximum atomic E-state index is 11.9. The second-order valence-corrected chi connectivity index (χ2v) is 5.27. The zero-order valence-corrected chi connectivity index (χ0v) is 8.74. The molecule has 1 saturated carbocycles. The molecule has 1 fully saturated rings. The van der Waals surface area contributed by atoms with Crippen LogP contribution >= 0.6 is 0 Å². The molecule has 16 heavy (non-hydrogen) atoms. The normalized spacial score (nSPS) is 51.2. The number of carbonyl (C=O) groups is 2. The molecule has 0 aliphatic heterocycles. The van der Waals surface area contributed by atoms with Crippen molar-refractivity contribution in [1.29, 1.82) is 0 Å². The summed E-state index contributed by atoms with van der Waals surface area (Å²) in [4.78, 5) is 23.9.